The Kier molecular flexibility index (Phi) is 4.55. The summed E-state index contributed by atoms with van der Waals surface area (Å²) in [4.78, 5) is 11.7. The average molecular weight is 386 g/mol. The van der Waals surface area contributed by atoms with Crippen molar-refractivity contribution in [2.24, 2.45) is 5.10 Å². The van der Waals surface area contributed by atoms with Gasteiger partial charge in [-0.2, -0.15) is 5.10 Å². The van der Waals surface area contributed by atoms with Gasteiger partial charge in [0.05, 0.1) is 5.71 Å². The average Bonchev–Trinajstić information content (AvgIpc) is 2.82. The number of benzene rings is 1. The van der Waals surface area contributed by atoms with Gasteiger partial charge >= 0.3 is 5.91 Å². The molecule has 0 spiro atoms. The third kappa shape index (κ3) is 3.78. The maximum atomic E-state index is 11.7. The molecule has 1 heterocycles. The van der Waals surface area contributed by atoms with Crippen LogP contribution in [0.15, 0.2) is 55.1 Å². The highest BCUT2D eigenvalue weighted by Gasteiger charge is 2.09. The van der Waals surface area contributed by atoms with Crippen molar-refractivity contribution in [3.8, 4) is 0 Å². The Bertz CT molecular complexity index is 635. The second-order valence-corrected chi connectivity index (χ2v) is 5.45. The van der Waals surface area contributed by atoms with Gasteiger partial charge in [0, 0.05) is 4.47 Å². The van der Waals surface area contributed by atoms with Crippen LogP contribution in [0.2, 0.25) is 0 Å². The standard InChI is InChI=1S/C13H10Br2N2O2/c1-8(9-3-2-4-10(14)7-9)16-17-13(18)11-5-6-12(15)19-11/h2-7H,1H3,(H,17,18)/b16-8+. The second-order valence-electron chi connectivity index (χ2n) is 3.75. The Morgan fingerprint density at radius 1 is 1.26 bits per heavy atom. The number of rotatable bonds is 3. The van der Waals surface area contributed by atoms with E-state index in [4.69, 9.17) is 4.42 Å². The van der Waals surface area contributed by atoms with Gasteiger partial charge in [-0.25, -0.2) is 5.43 Å². The molecule has 1 aromatic carbocycles. The molecule has 0 unspecified atom stereocenters. The topological polar surface area (TPSA) is 54.6 Å². The predicted molar refractivity (Wildman–Crippen MR) is 80.2 cm³/mol. The molecular weight excluding hydrogens is 376 g/mol. The highest BCUT2D eigenvalue weighted by atomic mass is 79.9. The lowest BCUT2D eigenvalue weighted by Crippen LogP contribution is -2.18. The number of nitrogens with zero attached hydrogens (tertiary/aromatic N) is 1. The van der Waals surface area contributed by atoms with E-state index < -0.39 is 0 Å². The van der Waals surface area contributed by atoms with E-state index in [0.29, 0.717) is 10.4 Å². The molecule has 0 aliphatic heterocycles. The minimum absolute atomic E-state index is 0.206. The highest BCUT2D eigenvalue weighted by Crippen LogP contribution is 2.14. The summed E-state index contributed by atoms with van der Waals surface area (Å²) in [5.74, 6) is -0.183. The van der Waals surface area contributed by atoms with Crippen molar-refractivity contribution < 1.29 is 9.21 Å². The van der Waals surface area contributed by atoms with Crippen LogP contribution < -0.4 is 5.43 Å². The van der Waals surface area contributed by atoms with Crippen molar-refractivity contribution in [2.75, 3.05) is 0 Å². The molecule has 2 rings (SSSR count). The van der Waals surface area contributed by atoms with Gasteiger partial charge in [0.15, 0.2) is 10.4 Å². The first-order valence-corrected chi connectivity index (χ1v) is 7.01. The molecule has 1 N–H and O–H groups in total. The van der Waals surface area contributed by atoms with E-state index in [1.165, 1.54) is 0 Å². The van der Waals surface area contributed by atoms with Gasteiger partial charge in [0.1, 0.15) is 0 Å². The van der Waals surface area contributed by atoms with Crippen LogP contribution in [0, 0.1) is 0 Å². The Balaban J connectivity index is 2.08. The number of amides is 1. The van der Waals surface area contributed by atoms with Crippen LogP contribution in [0.4, 0.5) is 0 Å². The van der Waals surface area contributed by atoms with E-state index in [1.54, 1.807) is 12.1 Å². The van der Waals surface area contributed by atoms with Crippen LogP contribution in [-0.2, 0) is 0 Å². The van der Waals surface area contributed by atoms with Gasteiger partial charge in [-0.15, -0.1) is 0 Å². The minimum Gasteiger partial charge on any atom is -0.444 e. The molecule has 19 heavy (non-hydrogen) atoms. The van der Waals surface area contributed by atoms with Crippen molar-refractivity contribution in [3.63, 3.8) is 0 Å². The van der Waals surface area contributed by atoms with Gasteiger partial charge in [-0.05, 0) is 52.7 Å². The number of carbonyl (C=O) groups is 1. The Labute approximate surface area is 127 Å². The summed E-state index contributed by atoms with van der Waals surface area (Å²) in [5.41, 5.74) is 4.08. The molecule has 0 saturated carbocycles. The maximum Gasteiger partial charge on any atom is 0.307 e. The van der Waals surface area contributed by atoms with Crippen LogP contribution in [0.5, 0.6) is 0 Å². The van der Waals surface area contributed by atoms with Crippen LogP contribution in [0.3, 0.4) is 0 Å². The molecule has 1 aromatic heterocycles. The summed E-state index contributed by atoms with van der Waals surface area (Å²) in [6.45, 7) is 1.82. The lowest BCUT2D eigenvalue weighted by molar-refractivity contribution is 0.0926. The molecule has 1 amide bonds. The van der Waals surface area contributed by atoms with Crippen molar-refractivity contribution in [3.05, 3.63) is 56.9 Å². The fourth-order valence-corrected chi connectivity index (χ4v) is 2.11. The van der Waals surface area contributed by atoms with Gasteiger partial charge in [-0.1, -0.05) is 28.1 Å². The number of furan rings is 1. The minimum atomic E-state index is -0.389. The highest BCUT2D eigenvalue weighted by molar-refractivity contribution is 9.10. The van der Waals surface area contributed by atoms with Crippen LogP contribution in [0.1, 0.15) is 23.0 Å². The Morgan fingerprint density at radius 3 is 2.68 bits per heavy atom. The molecule has 0 saturated heterocycles. The summed E-state index contributed by atoms with van der Waals surface area (Å²) < 4.78 is 6.59. The number of hydrazone groups is 1. The van der Waals surface area contributed by atoms with E-state index in [9.17, 15) is 4.79 Å². The lowest BCUT2D eigenvalue weighted by atomic mass is 10.1. The molecule has 98 valence electrons. The van der Waals surface area contributed by atoms with Gasteiger partial charge in [-0.3, -0.25) is 4.79 Å². The van der Waals surface area contributed by atoms with Crippen LogP contribution in [-0.4, -0.2) is 11.6 Å². The molecule has 2 aromatic rings. The normalized spacial score (nSPS) is 11.4. The zero-order valence-corrected chi connectivity index (χ0v) is 13.2. The number of carbonyl (C=O) groups excluding carboxylic acids is 1. The van der Waals surface area contributed by atoms with Gasteiger partial charge < -0.3 is 4.42 Å². The third-order valence-corrected chi connectivity index (χ3v) is 3.28. The number of halogens is 2. The van der Waals surface area contributed by atoms with E-state index in [2.05, 4.69) is 42.4 Å². The first-order valence-electron chi connectivity index (χ1n) is 5.42. The molecule has 0 bridgehead atoms. The SMILES string of the molecule is C/C(=N\NC(=O)c1ccc(Br)o1)c1cccc(Br)c1. The first kappa shape index (κ1) is 14.0. The quantitative estimate of drug-likeness (QED) is 0.642. The zero-order valence-electron chi connectivity index (χ0n) is 9.98. The molecule has 0 atom stereocenters. The van der Waals surface area contributed by atoms with Crippen molar-refractivity contribution in [2.45, 2.75) is 6.92 Å². The maximum absolute atomic E-state index is 11.7. The van der Waals surface area contributed by atoms with Crippen LogP contribution >= 0.6 is 31.9 Å². The summed E-state index contributed by atoms with van der Waals surface area (Å²) >= 11 is 6.52. The second kappa shape index (κ2) is 6.16. The van der Waals surface area contributed by atoms with Gasteiger partial charge in [0.25, 0.3) is 0 Å². The molecule has 0 aliphatic carbocycles. The van der Waals surface area contributed by atoms with E-state index in [-0.39, 0.29) is 11.7 Å². The molecule has 0 radical (unpaired) electrons. The monoisotopic (exact) mass is 384 g/mol. The van der Waals surface area contributed by atoms with E-state index >= 15 is 0 Å². The number of hydrogen-bond donors (Lipinski definition) is 1. The molecule has 6 heteroatoms. The number of hydrogen-bond acceptors (Lipinski definition) is 3. The largest absolute Gasteiger partial charge is 0.444 e. The molecule has 0 aliphatic rings. The summed E-state index contributed by atoms with van der Waals surface area (Å²) in [5, 5.41) is 4.04. The molecular formula is C13H10Br2N2O2. The Hall–Kier alpha value is -1.40. The number of nitrogens with one attached hydrogen (secondary N) is 1. The Morgan fingerprint density at radius 2 is 2.05 bits per heavy atom. The van der Waals surface area contributed by atoms with E-state index in [1.807, 2.05) is 31.2 Å². The summed E-state index contributed by atoms with van der Waals surface area (Å²) in [6, 6.07) is 10.9. The predicted octanol–water partition coefficient (Wildman–Crippen LogP) is 3.96. The lowest BCUT2D eigenvalue weighted by Gasteiger charge is -2.02. The molecule has 0 fully saturated rings. The zero-order chi connectivity index (χ0) is 13.8. The summed E-state index contributed by atoms with van der Waals surface area (Å²) in [7, 11) is 0. The van der Waals surface area contributed by atoms with Gasteiger partial charge in [0.2, 0.25) is 0 Å². The fourth-order valence-electron chi connectivity index (χ4n) is 1.40. The van der Waals surface area contributed by atoms with E-state index in [0.717, 1.165) is 10.0 Å². The van der Waals surface area contributed by atoms with Crippen molar-refractivity contribution in [1.82, 2.24) is 5.43 Å². The molecule has 4 nitrogen and oxygen atoms in total. The fraction of sp³-hybridized carbons (Fsp3) is 0.0769. The third-order valence-electron chi connectivity index (χ3n) is 2.36. The summed E-state index contributed by atoms with van der Waals surface area (Å²) in [6.07, 6.45) is 0. The van der Waals surface area contributed by atoms with Crippen molar-refractivity contribution in [1.29, 1.82) is 0 Å². The smallest absolute Gasteiger partial charge is 0.307 e. The van der Waals surface area contributed by atoms with Crippen molar-refractivity contribution >= 4 is 43.5 Å². The van der Waals surface area contributed by atoms with Crippen LogP contribution in [0.25, 0.3) is 0 Å². The first-order chi connectivity index (χ1) is 9.06.